The van der Waals surface area contributed by atoms with Gasteiger partial charge in [0, 0.05) is 0 Å². The summed E-state index contributed by atoms with van der Waals surface area (Å²) in [6.45, 7) is -2.15. The highest BCUT2D eigenvalue weighted by Gasteiger charge is 2.53. The Morgan fingerprint density at radius 3 is 2.17 bits per heavy atom. The van der Waals surface area contributed by atoms with Crippen molar-refractivity contribution in [2.24, 2.45) is 0 Å². The van der Waals surface area contributed by atoms with E-state index < -0.39 is 74.6 Å². The van der Waals surface area contributed by atoms with Gasteiger partial charge in [0.25, 0.3) is 0 Å². The summed E-state index contributed by atoms with van der Waals surface area (Å²) in [4.78, 5) is 0. The smallest absolute Gasteiger partial charge is 0.219 e. The third-order valence-electron chi connectivity index (χ3n) is 4.01. The van der Waals surface area contributed by atoms with Crippen LogP contribution in [0.3, 0.4) is 0 Å². The first kappa shape index (κ1) is 18.9. The Kier molecular flexibility index (Phi) is 5.92. The van der Waals surface area contributed by atoms with E-state index in [1.807, 2.05) is 0 Å². The molecule has 11 heteroatoms. The standard InChI is InChI=1S/C12H22O11/c13-1-5-7(17)8(18)9(19)11(22-5)23-10-6(16)4(15)2-21-12(10,20)3-14/h4-11,13-20H,1-3H2/t4-,5-,6-,7-,8+,9-,10+,11?,12?/m1/s1. The Morgan fingerprint density at radius 2 is 1.61 bits per heavy atom. The van der Waals surface area contributed by atoms with Crippen LogP contribution in [0.5, 0.6) is 0 Å². The summed E-state index contributed by atoms with van der Waals surface area (Å²) >= 11 is 0. The first-order valence-corrected chi connectivity index (χ1v) is 7.04. The predicted octanol–water partition coefficient (Wildman–Crippen LogP) is -5.40. The molecule has 0 aliphatic carbocycles. The second kappa shape index (κ2) is 7.21. The molecule has 2 heterocycles. The summed E-state index contributed by atoms with van der Waals surface area (Å²) in [6.07, 6.45) is -12.9. The number of hydrogen-bond acceptors (Lipinski definition) is 11. The van der Waals surface area contributed by atoms with Crippen molar-refractivity contribution in [1.82, 2.24) is 0 Å². The molecule has 0 bridgehead atoms. The van der Waals surface area contributed by atoms with Gasteiger partial charge in [-0.3, -0.25) is 0 Å². The van der Waals surface area contributed by atoms with Gasteiger partial charge < -0.3 is 55.1 Å². The molecule has 2 saturated heterocycles. The number of aliphatic hydroxyl groups is 8. The summed E-state index contributed by atoms with van der Waals surface area (Å²) in [5.74, 6) is -2.38. The van der Waals surface area contributed by atoms with E-state index in [1.165, 1.54) is 0 Å². The average Bonchev–Trinajstić information content (AvgIpc) is 2.55. The van der Waals surface area contributed by atoms with Gasteiger partial charge in [-0.2, -0.15) is 0 Å². The minimum Gasteiger partial charge on any atom is -0.394 e. The van der Waals surface area contributed by atoms with Crippen LogP contribution in [0.2, 0.25) is 0 Å². The normalized spacial score (nSPS) is 51.7. The molecule has 23 heavy (non-hydrogen) atoms. The monoisotopic (exact) mass is 342 g/mol. The lowest BCUT2D eigenvalue weighted by atomic mass is 9.96. The summed E-state index contributed by atoms with van der Waals surface area (Å²) in [5.41, 5.74) is 0. The van der Waals surface area contributed by atoms with Gasteiger partial charge in [0.05, 0.1) is 19.8 Å². The van der Waals surface area contributed by atoms with Crippen LogP contribution < -0.4 is 0 Å². The molecule has 2 unspecified atom stereocenters. The van der Waals surface area contributed by atoms with E-state index in [0.717, 1.165) is 0 Å². The van der Waals surface area contributed by atoms with Gasteiger partial charge in [-0.15, -0.1) is 0 Å². The van der Waals surface area contributed by atoms with E-state index in [9.17, 15) is 35.7 Å². The zero-order valence-electron chi connectivity index (χ0n) is 12.0. The number of ether oxygens (including phenoxy) is 3. The average molecular weight is 342 g/mol. The SMILES string of the molecule is OC[C@H]1OC(O[C@H]2[C@H](O)[C@H](O)COC2(O)CO)[C@H](O)[C@@H](O)[C@@H]1O. The number of hydrogen-bond donors (Lipinski definition) is 8. The maximum atomic E-state index is 10.1. The van der Waals surface area contributed by atoms with Crippen molar-refractivity contribution in [3.8, 4) is 0 Å². The van der Waals surface area contributed by atoms with Crippen molar-refractivity contribution in [3.05, 3.63) is 0 Å². The quantitative estimate of drug-likeness (QED) is 0.243. The molecule has 2 rings (SSSR count). The van der Waals surface area contributed by atoms with E-state index in [1.54, 1.807) is 0 Å². The van der Waals surface area contributed by atoms with Gasteiger partial charge in [-0.25, -0.2) is 0 Å². The summed E-state index contributed by atoms with van der Waals surface area (Å²) in [6, 6.07) is 0. The molecule has 0 saturated carbocycles. The number of aliphatic hydroxyl groups excluding tert-OH is 7. The summed E-state index contributed by atoms with van der Waals surface area (Å²) in [5, 5.41) is 77.2. The Hall–Kier alpha value is -0.440. The lowest BCUT2D eigenvalue weighted by Crippen LogP contribution is -2.67. The molecule has 0 radical (unpaired) electrons. The van der Waals surface area contributed by atoms with Crippen molar-refractivity contribution in [3.63, 3.8) is 0 Å². The topological polar surface area (TPSA) is 190 Å². The van der Waals surface area contributed by atoms with Gasteiger partial charge in [0.1, 0.15) is 42.7 Å². The Bertz CT molecular complexity index is 393. The predicted molar refractivity (Wildman–Crippen MR) is 68.6 cm³/mol. The third kappa shape index (κ3) is 3.50. The highest BCUT2D eigenvalue weighted by Crippen LogP contribution is 2.30. The van der Waals surface area contributed by atoms with Crippen LogP contribution in [0.15, 0.2) is 0 Å². The highest BCUT2D eigenvalue weighted by molar-refractivity contribution is 4.95. The minimum atomic E-state index is -2.38. The summed E-state index contributed by atoms with van der Waals surface area (Å²) < 4.78 is 15.1. The minimum absolute atomic E-state index is 0.466. The van der Waals surface area contributed by atoms with Gasteiger partial charge in [-0.1, -0.05) is 0 Å². The Balaban J connectivity index is 2.17. The van der Waals surface area contributed by atoms with E-state index in [0.29, 0.717) is 0 Å². The first-order valence-electron chi connectivity index (χ1n) is 7.04. The molecule has 2 fully saturated rings. The van der Waals surface area contributed by atoms with Crippen LogP contribution in [-0.4, -0.2) is 115 Å². The van der Waals surface area contributed by atoms with Crippen LogP contribution >= 0.6 is 0 Å². The molecule has 0 aromatic carbocycles. The lowest BCUT2D eigenvalue weighted by Gasteiger charge is -2.47. The molecule has 0 amide bonds. The maximum absolute atomic E-state index is 10.1. The fourth-order valence-electron chi connectivity index (χ4n) is 2.53. The van der Waals surface area contributed by atoms with E-state index in [-0.39, 0.29) is 0 Å². The molecule has 0 spiro atoms. The van der Waals surface area contributed by atoms with Crippen LogP contribution in [-0.2, 0) is 14.2 Å². The molecule has 2 aliphatic rings. The van der Waals surface area contributed by atoms with Crippen LogP contribution in [0, 0.1) is 0 Å². The molecule has 11 nitrogen and oxygen atoms in total. The maximum Gasteiger partial charge on any atom is 0.219 e. The van der Waals surface area contributed by atoms with Gasteiger partial charge in [0.15, 0.2) is 6.29 Å². The van der Waals surface area contributed by atoms with Gasteiger partial charge in [-0.05, 0) is 0 Å². The number of rotatable bonds is 4. The third-order valence-corrected chi connectivity index (χ3v) is 4.01. The fraction of sp³-hybridized carbons (Fsp3) is 1.00. The largest absolute Gasteiger partial charge is 0.394 e. The molecular weight excluding hydrogens is 320 g/mol. The van der Waals surface area contributed by atoms with Crippen LogP contribution in [0.4, 0.5) is 0 Å². The van der Waals surface area contributed by atoms with Gasteiger partial charge >= 0.3 is 0 Å². The second-order valence-corrected chi connectivity index (χ2v) is 5.63. The summed E-state index contributed by atoms with van der Waals surface area (Å²) in [7, 11) is 0. The van der Waals surface area contributed by atoms with Crippen molar-refractivity contribution in [2.75, 3.05) is 19.8 Å². The van der Waals surface area contributed by atoms with Crippen molar-refractivity contribution in [1.29, 1.82) is 0 Å². The Labute approximate surface area is 130 Å². The highest BCUT2D eigenvalue weighted by atomic mass is 16.7. The van der Waals surface area contributed by atoms with Crippen molar-refractivity contribution >= 4 is 0 Å². The van der Waals surface area contributed by atoms with Crippen LogP contribution in [0.25, 0.3) is 0 Å². The molecule has 136 valence electrons. The molecule has 8 N–H and O–H groups in total. The molecular formula is C12H22O11. The van der Waals surface area contributed by atoms with Crippen molar-refractivity contribution < 1.29 is 55.1 Å². The zero-order chi connectivity index (χ0) is 17.4. The second-order valence-electron chi connectivity index (χ2n) is 5.63. The van der Waals surface area contributed by atoms with E-state index in [2.05, 4.69) is 0 Å². The van der Waals surface area contributed by atoms with Crippen LogP contribution in [0.1, 0.15) is 0 Å². The van der Waals surface area contributed by atoms with E-state index >= 15 is 0 Å². The molecule has 0 aromatic heterocycles. The molecule has 9 atom stereocenters. The van der Waals surface area contributed by atoms with E-state index in [4.69, 9.17) is 19.3 Å². The zero-order valence-corrected chi connectivity index (χ0v) is 12.0. The molecule has 2 aliphatic heterocycles. The Morgan fingerprint density at radius 1 is 0.957 bits per heavy atom. The van der Waals surface area contributed by atoms with Crippen molar-refractivity contribution in [2.45, 2.75) is 54.8 Å². The lowest BCUT2D eigenvalue weighted by molar-refractivity contribution is -0.387. The first-order chi connectivity index (χ1) is 10.7. The molecule has 0 aromatic rings. The van der Waals surface area contributed by atoms with Gasteiger partial charge in [0.2, 0.25) is 5.79 Å². The fourth-order valence-corrected chi connectivity index (χ4v) is 2.53.